The number of rotatable bonds is 7. The summed E-state index contributed by atoms with van der Waals surface area (Å²) in [5.74, 6) is 0.656. The molecule has 2 aromatic carbocycles. The smallest absolute Gasteiger partial charge is 0.406 e. The van der Waals surface area contributed by atoms with Crippen molar-refractivity contribution in [2.75, 3.05) is 18.6 Å². The number of nitrogens with two attached hydrogens (primary N) is 1. The lowest BCUT2D eigenvalue weighted by atomic mass is 10.0. The minimum absolute atomic E-state index is 0.00913. The number of thioether (sulfide) groups is 1. The standard InChI is InChI=1S/C23H25F4N3O2S/c1-29-13-21(28)22(31)30(17-8-10-33-11-9-17)14-15-2-7-20(24)19(12-15)16-3-5-18(6-4-16)32-23(25,26)27/h2-7,12-13,17,29H,8-11,14,28H2,1H3/b21-13-. The van der Waals surface area contributed by atoms with Crippen LogP contribution in [0.3, 0.4) is 0 Å². The van der Waals surface area contributed by atoms with E-state index in [9.17, 15) is 22.4 Å². The molecule has 0 unspecified atom stereocenters. The van der Waals surface area contributed by atoms with E-state index in [1.54, 1.807) is 24.1 Å². The predicted molar refractivity (Wildman–Crippen MR) is 121 cm³/mol. The maximum absolute atomic E-state index is 14.6. The zero-order valence-corrected chi connectivity index (χ0v) is 18.8. The molecular formula is C23H25F4N3O2S. The molecule has 3 N–H and O–H groups in total. The predicted octanol–water partition coefficient (Wildman–Crippen LogP) is 4.64. The molecule has 0 aromatic heterocycles. The summed E-state index contributed by atoms with van der Waals surface area (Å²) in [6, 6.07) is 9.48. The zero-order chi connectivity index (χ0) is 24.0. The summed E-state index contributed by atoms with van der Waals surface area (Å²) >= 11 is 1.83. The second kappa shape index (κ2) is 10.8. The molecule has 3 rings (SSSR count). The summed E-state index contributed by atoms with van der Waals surface area (Å²) in [5.41, 5.74) is 7.32. The average Bonchev–Trinajstić information content (AvgIpc) is 2.78. The van der Waals surface area contributed by atoms with Gasteiger partial charge in [-0.1, -0.05) is 18.2 Å². The van der Waals surface area contributed by atoms with Crippen LogP contribution in [0.1, 0.15) is 18.4 Å². The Balaban J connectivity index is 1.87. The van der Waals surface area contributed by atoms with E-state index in [2.05, 4.69) is 10.1 Å². The van der Waals surface area contributed by atoms with Crippen molar-refractivity contribution < 1.29 is 27.1 Å². The zero-order valence-electron chi connectivity index (χ0n) is 18.0. The van der Waals surface area contributed by atoms with E-state index in [4.69, 9.17) is 5.73 Å². The Hall–Kier alpha value is -2.88. The van der Waals surface area contributed by atoms with Gasteiger partial charge in [0.2, 0.25) is 0 Å². The third-order valence-electron chi connectivity index (χ3n) is 5.22. The van der Waals surface area contributed by atoms with Gasteiger partial charge in [-0.3, -0.25) is 4.79 Å². The summed E-state index contributed by atoms with van der Waals surface area (Å²) in [5, 5.41) is 2.76. The molecule has 1 saturated heterocycles. The van der Waals surface area contributed by atoms with Gasteiger partial charge in [-0.15, -0.1) is 13.2 Å². The Kier molecular flexibility index (Phi) is 8.12. The van der Waals surface area contributed by atoms with Crippen molar-refractivity contribution in [3.8, 4) is 16.9 Å². The first kappa shape index (κ1) is 24.8. The van der Waals surface area contributed by atoms with Crippen LogP contribution in [-0.4, -0.2) is 41.8 Å². The van der Waals surface area contributed by atoms with Crippen molar-refractivity contribution in [1.29, 1.82) is 0 Å². The number of hydrogen-bond acceptors (Lipinski definition) is 5. The van der Waals surface area contributed by atoms with Gasteiger partial charge < -0.3 is 20.7 Å². The van der Waals surface area contributed by atoms with Crippen molar-refractivity contribution >= 4 is 17.7 Å². The topological polar surface area (TPSA) is 67.6 Å². The maximum atomic E-state index is 14.6. The van der Waals surface area contributed by atoms with Gasteiger partial charge in [0.25, 0.3) is 5.91 Å². The van der Waals surface area contributed by atoms with Gasteiger partial charge in [0.15, 0.2) is 0 Å². The van der Waals surface area contributed by atoms with Crippen LogP contribution in [0.4, 0.5) is 17.6 Å². The molecule has 0 saturated carbocycles. The van der Waals surface area contributed by atoms with Crippen LogP contribution in [0, 0.1) is 5.82 Å². The van der Waals surface area contributed by atoms with E-state index in [1.807, 2.05) is 11.8 Å². The monoisotopic (exact) mass is 483 g/mol. The number of ether oxygens (including phenoxy) is 1. The summed E-state index contributed by atoms with van der Waals surface area (Å²) in [7, 11) is 1.65. The minimum atomic E-state index is -4.80. The molecule has 5 nitrogen and oxygen atoms in total. The van der Waals surface area contributed by atoms with Gasteiger partial charge >= 0.3 is 6.36 Å². The molecule has 0 atom stereocenters. The van der Waals surface area contributed by atoms with E-state index in [1.165, 1.54) is 24.4 Å². The van der Waals surface area contributed by atoms with Crippen molar-refractivity contribution in [3.05, 3.63) is 65.7 Å². The van der Waals surface area contributed by atoms with Crippen LogP contribution in [0.25, 0.3) is 11.1 Å². The number of nitrogens with one attached hydrogen (secondary N) is 1. The summed E-state index contributed by atoms with van der Waals surface area (Å²) in [4.78, 5) is 14.7. The highest BCUT2D eigenvalue weighted by molar-refractivity contribution is 7.99. The molecule has 0 spiro atoms. The first-order valence-electron chi connectivity index (χ1n) is 10.3. The Morgan fingerprint density at radius 1 is 1.21 bits per heavy atom. The summed E-state index contributed by atoms with van der Waals surface area (Å²) in [6.45, 7) is 0.231. The van der Waals surface area contributed by atoms with Crippen LogP contribution < -0.4 is 15.8 Å². The van der Waals surface area contributed by atoms with Crippen molar-refractivity contribution in [2.24, 2.45) is 5.73 Å². The number of carbonyl (C=O) groups is 1. The average molecular weight is 484 g/mol. The van der Waals surface area contributed by atoms with Gasteiger partial charge in [0, 0.05) is 31.4 Å². The Bertz CT molecular complexity index is 990. The van der Waals surface area contributed by atoms with E-state index >= 15 is 0 Å². The van der Waals surface area contributed by atoms with Crippen LogP contribution in [0.5, 0.6) is 5.75 Å². The van der Waals surface area contributed by atoms with E-state index in [0.29, 0.717) is 11.1 Å². The van der Waals surface area contributed by atoms with E-state index in [-0.39, 0.29) is 35.5 Å². The second-order valence-corrected chi connectivity index (χ2v) is 8.78. The summed E-state index contributed by atoms with van der Waals surface area (Å²) in [6.07, 6.45) is -1.70. The first-order chi connectivity index (χ1) is 15.7. The van der Waals surface area contributed by atoms with E-state index in [0.717, 1.165) is 36.5 Å². The molecule has 1 fully saturated rings. The van der Waals surface area contributed by atoms with Crippen LogP contribution in [0.15, 0.2) is 54.4 Å². The molecule has 0 radical (unpaired) electrons. The molecule has 0 aliphatic carbocycles. The Morgan fingerprint density at radius 3 is 2.48 bits per heavy atom. The number of amides is 1. The molecule has 1 aliphatic heterocycles. The summed E-state index contributed by atoms with van der Waals surface area (Å²) < 4.78 is 55.6. The van der Waals surface area contributed by atoms with E-state index < -0.39 is 12.2 Å². The molecule has 1 aliphatic rings. The number of alkyl halides is 3. The first-order valence-corrected chi connectivity index (χ1v) is 11.5. The number of benzene rings is 2. The highest BCUT2D eigenvalue weighted by atomic mass is 32.2. The minimum Gasteiger partial charge on any atom is -0.406 e. The molecule has 2 aromatic rings. The molecular weight excluding hydrogens is 458 g/mol. The van der Waals surface area contributed by atoms with Gasteiger partial charge in [-0.05, 0) is 59.7 Å². The number of nitrogens with zero attached hydrogens (tertiary/aromatic N) is 1. The second-order valence-electron chi connectivity index (χ2n) is 7.55. The van der Waals surface area contributed by atoms with Gasteiger partial charge in [0.05, 0.1) is 0 Å². The number of halogens is 4. The van der Waals surface area contributed by atoms with Crippen LogP contribution >= 0.6 is 11.8 Å². The SMILES string of the molecule is CN/C=C(\N)C(=O)N(Cc1ccc(F)c(-c2ccc(OC(F)(F)F)cc2)c1)C1CCSCC1. The fourth-order valence-corrected chi connectivity index (χ4v) is 4.75. The normalized spacial score (nSPS) is 15.2. The van der Waals surface area contributed by atoms with Crippen LogP contribution in [-0.2, 0) is 11.3 Å². The molecule has 178 valence electrons. The maximum Gasteiger partial charge on any atom is 0.573 e. The molecule has 1 amide bonds. The fraction of sp³-hybridized carbons (Fsp3) is 0.348. The quantitative estimate of drug-likeness (QED) is 0.444. The van der Waals surface area contributed by atoms with Gasteiger partial charge in [-0.2, -0.15) is 11.8 Å². The van der Waals surface area contributed by atoms with Crippen molar-refractivity contribution in [2.45, 2.75) is 31.8 Å². The van der Waals surface area contributed by atoms with Gasteiger partial charge in [-0.25, -0.2) is 4.39 Å². The molecule has 0 bridgehead atoms. The number of hydrogen-bond donors (Lipinski definition) is 2. The van der Waals surface area contributed by atoms with Crippen molar-refractivity contribution in [1.82, 2.24) is 10.2 Å². The van der Waals surface area contributed by atoms with Crippen molar-refractivity contribution in [3.63, 3.8) is 0 Å². The Morgan fingerprint density at radius 2 is 1.88 bits per heavy atom. The van der Waals surface area contributed by atoms with Gasteiger partial charge in [0.1, 0.15) is 17.3 Å². The van der Waals surface area contributed by atoms with Crippen LogP contribution in [0.2, 0.25) is 0 Å². The fourth-order valence-electron chi connectivity index (χ4n) is 3.67. The lowest BCUT2D eigenvalue weighted by molar-refractivity contribution is -0.274. The highest BCUT2D eigenvalue weighted by Crippen LogP contribution is 2.30. The molecule has 33 heavy (non-hydrogen) atoms. The lowest BCUT2D eigenvalue weighted by Crippen LogP contribution is -2.44. The molecule has 1 heterocycles. The third kappa shape index (κ3) is 6.80. The third-order valence-corrected chi connectivity index (χ3v) is 6.27. The lowest BCUT2D eigenvalue weighted by Gasteiger charge is -2.34. The number of carbonyl (C=O) groups excluding carboxylic acids is 1. The largest absolute Gasteiger partial charge is 0.573 e. The highest BCUT2D eigenvalue weighted by Gasteiger charge is 2.31. The Labute approximate surface area is 194 Å². The molecule has 10 heteroatoms.